The molecule has 1 amide bonds. The molecule has 9 heteroatoms. The molecule has 1 N–H and O–H groups in total. The van der Waals surface area contributed by atoms with E-state index in [1.165, 1.54) is 18.1 Å². The summed E-state index contributed by atoms with van der Waals surface area (Å²) in [4.78, 5) is 25.9. The molecule has 3 rings (SSSR count). The quantitative estimate of drug-likeness (QED) is 0.764. The minimum atomic E-state index is -4.52. The maximum Gasteiger partial charge on any atom is 0.418 e. The van der Waals surface area contributed by atoms with Crippen molar-refractivity contribution in [2.45, 2.75) is 31.9 Å². The van der Waals surface area contributed by atoms with E-state index in [0.717, 1.165) is 25.0 Å². The highest BCUT2D eigenvalue weighted by atomic mass is 19.4. The monoisotopic (exact) mass is 400 g/mol. The third-order valence-electron chi connectivity index (χ3n) is 5.98. The Hall–Kier alpha value is -2.45. The molecule has 0 aromatic heterocycles. The molecule has 0 saturated carbocycles. The van der Waals surface area contributed by atoms with Gasteiger partial charge in [0.25, 0.3) is 0 Å². The van der Waals surface area contributed by atoms with Crippen molar-refractivity contribution in [2.24, 2.45) is 5.41 Å². The molecule has 1 aromatic carbocycles. The summed E-state index contributed by atoms with van der Waals surface area (Å²) in [7, 11) is 1.19. The highest BCUT2D eigenvalue weighted by molar-refractivity contribution is 5.91. The third kappa shape index (κ3) is 4.02. The zero-order valence-electron chi connectivity index (χ0n) is 15.6. The van der Waals surface area contributed by atoms with Gasteiger partial charge in [-0.25, -0.2) is 9.59 Å². The molecule has 1 spiro atoms. The normalized spacial score (nSPS) is 19.6. The fourth-order valence-electron chi connectivity index (χ4n) is 4.17. The van der Waals surface area contributed by atoms with Crippen LogP contribution < -0.4 is 4.90 Å². The first-order valence-electron chi connectivity index (χ1n) is 9.18. The van der Waals surface area contributed by atoms with Gasteiger partial charge < -0.3 is 19.6 Å². The van der Waals surface area contributed by atoms with Crippen molar-refractivity contribution in [3.63, 3.8) is 0 Å². The number of esters is 1. The molecule has 1 aromatic rings. The molecular formula is C19H23F3N2O4. The Kier molecular flexibility index (Phi) is 5.45. The van der Waals surface area contributed by atoms with Crippen LogP contribution in [0, 0.1) is 5.41 Å². The molecule has 0 atom stereocenters. The number of halogens is 3. The van der Waals surface area contributed by atoms with Gasteiger partial charge in [-0.15, -0.1) is 0 Å². The fraction of sp³-hybridized carbons (Fsp3) is 0.579. The van der Waals surface area contributed by atoms with Crippen molar-refractivity contribution in [3.05, 3.63) is 29.3 Å². The highest BCUT2D eigenvalue weighted by Gasteiger charge is 2.41. The van der Waals surface area contributed by atoms with Crippen molar-refractivity contribution >= 4 is 17.7 Å². The topological polar surface area (TPSA) is 70.1 Å². The van der Waals surface area contributed by atoms with Gasteiger partial charge >= 0.3 is 18.2 Å². The molecule has 0 unspecified atom stereocenters. The van der Waals surface area contributed by atoms with Crippen LogP contribution in [0.5, 0.6) is 0 Å². The summed E-state index contributed by atoms with van der Waals surface area (Å²) < 4.78 is 45.1. The lowest BCUT2D eigenvalue weighted by Crippen LogP contribution is -2.48. The molecule has 154 valence electrons. The van der Waals surface area contributed by atoms with Crippen LogP contribution in [-0.4, -0.2) is 55.4 Å². The number of benzene rings is 1. The molecular weight excluding hydrogens is 377 g/mol. The second-order valence-corrected chi connectivity index (χ2v) is 7.48. The first-order chi connectivity index (χ1) is 13.1. The smallest absolute Gasteiger partial charge is 0.418 e. The number of anilines is 1. The van der Waals surface area contributed by atoms with Gasteiger partial charge in [0.05, 0.1) is 18.2 Å². The molecule has 2 aliphatic heterocycles. The maximum absolute atomic E-state index is 13.5. The van der Waals surface area contributed by atoms with Gasteiger partial charge in [0.2, 0.25) is 0 Å². The van der Waals surface area contributed by atoms with E-state index >= 15 is 0 Å². The van der Waals surface area contributed by atoms with Crippen molar-refractivity contribution in [1.29, 1.82) is 0 Å². The number of methoxy groups -OCH3 is 1. The van der Waals surface area contributed by atoms with E-state index in [-0.39, 0.29) is 16.7 Å². The molecule has 28 heavy (non-hydrogen) atoms. The van der Waals surface area contributed by atoms with Crippen LogP contribution in [0.25, 0.3) is 0 Å². The number of rotatable bonds is 2. The highest BCUT2D eigenvalue weighted by Crippen LogP contribution is 2.44. The summed E-state index contributed by atoms with van der Waals surface area (Å²) in [6, 6.07) is 3.31. The number of nitrogens with zero attached hydrogens (tertiary/aromatic N) is 2. The largest absolute Gasteiger partial charge is 0.465 e. The lowest BCUT2D eigenvalue weighted by atomic mass is 9.71. The zero-order chi connectivity index (χ0) is 20.5. The first kappa shape index (κ1) is 20.3. The number of carbonyl (C=O) groups is 2. The van der Waals surface area contributed by atoms with Crippen LogP contribution in [0.2, 0.25) is 0 Å². The van der Waals surface area contributed by atoms with Crippen LogP contribution >= 0.6 is 0 Å². The van der Waals surface area contributed by atoms with Gasteiger partial charge in [-0.2, -0.15) is 13.2 Å². The molecule has 2 aliphatic rings. The number of ether oxygens (including phenoxy) is 1. The van der Waals surface area contributed by atoms with Crippen molar-refractivity contribution in [3.8, 4) is 0 Å². The average molecular weight is 400 g/mol. The number of piperidine rings is 2. The minimum Gasteiger partial charge on any atom is -0.465 e. The van der Waals surface area contributed by atoms with Gasteiger partial charge in [-0.3, -0.25) is 0 Å². The molecule has 2 heterocycles. The van der Waals surface area contributed by atoms with Crippen LogP contribution in [0.3, 0.4) is 0 Å². The molecule has 0 bridgehead atoms. The minimum absolute atomic E-state index is 0.00628. The number of alkyl halides is 3. The van der Waals surface area contributed by atoms with E-state index in [9.17, 15) is 22.8 Å². The van der Waals surface area contributed by atoms with Gasteiger partial charge in [0.1, 0.15) is 0 Å². The Balaban J connectivity index is 1.78. The van der Waals surface area contributed by atoms with Crippen molar-refractivity contribution in [2.75, 3.05) is 38.2 Å². The summed E-state index contributed by atoms with van der Waals surface area (Å²) in [5.74, 6) is -0.676. The van der Waals surface area contributed by atoms with Gasteiger partial charge in [0.15, 0.2) is 0 Å². The lowest BCUT2D eigenvalue weighted by molar-refractivity contribution is -0.137. The van der Waals surface area contributed by atoms with Crippen LogP contribution in [-0.2, 0) is 10.9 Å². The Bertz CT molecular complexity index is 748. The van der Waals surface area contributed by atoms with E-state index < -0.39 is 23.8 Å². The van der Waals surface area contributed by atoms with Gasteiger partial charge in [-0.1, -0.05) is 0 Å². The third-order valence-corrected chi connectivity index (χ3v) is 5.98. The Labute approximate surface area is 160 Å². The summed E-state index contributed by atoms with van der Waals surface area (Å²) in [5, 5.41) is 9.09. The van der Waals surface area contributed by atoms with Crippen LogP contribution in [0.4, 0.5) is 23.7 Å². The number of carbonyl (C=O) groups excluding carboxylic acids is 1. The number of hydrogen-bond acceptors (Lipinski definition) is 4. The summed E-state index contributed by atoms with van der Waals surface area (Å²) in [6.45, 7) is 1.78. The van der Waals surface area contributed by atoms with E-state index in [4.69, 9.17) is 5.11 Å². The number of likely N-dealkylation sites (tertiary alicyclic amines) is 1. The zero-order valence-corrected chi connectivity index (χ0v) is 15.6. The molecule has 6 nitrogen and oxygen atoms in total. The van der Waals surface area contributed by atoms with Crippen LogP contribution in [0.15, 0.2) is 18.2 Å². The predicted molar refractivity (Wildman–Crippen MR) is 95.5 cm³/mol. The second kappa shape index (κ2) is 7.52. The first-order valence-corrected chi connectivity index (χ1v) is 9.18. The van der Waals surface area contributed by atoms with Crippen molar-refractivity contribution < 1.29 is 32.6 Å². The van der Waals surface area contributed by atoms with E-state index in [2.05, 4.69) is 4.74 Å². The summed E-state index contributed by atoms with van der Waals surface area (Å²) >= 11 is 0. The molecule has 2 fully saturated rings. The lowest BCUT2D eigenvalue weighted by Gasteiger charge is -2.47. The average Bonchev–Trinajstić information content (AvgIpc) is 2.67. The van der Waals surface area contributed by atoms with Gasteiger partial charge in [-0.05, 0) is 49.3 Å². The second-order valence-electron chi connectivity index (χ2n) is 7.48. The number of hydrogen-bond donors (Lipinski definition) is 1. The van der Waals surface area contributed by atoms with Gasteiger partial charge in [0, 0.05) is 31.9 Å². The molecule has 0 aliphatic carbocycles. The Morgan fingerprint density at radius 3 is 2.14 bits per heavy atom. The maximum atomic E-state index is 13.5. The summed E-state index contributed by atoms with van der Waals surface area (Å²) in [5.41, 5.74) is -0.716. The molecule has 2 saturated heterocycles. The summed E-state index contributed by atoms with van der Waals surface area (Å²) in [6.07, 6.45) is -2.61. The van der Waals surface area contributed by atoms with E-state index in [0.29, 0.717) is 39.0 Å². The fourth-order valence-corrected chi connectivity index (χ4v) is 4.17. The Morgan fingerprint density at radius 2 is 1.64 bits per heavy atom. The van der Waals surface area contributed by atoms with Crippen molar-refractivity contribution in [1.82, 2.24) is 4.90 Å². The standard InChI is InChI=1S/C19H23F3N2O4/c1-28-16(25)13-2-3-14(19(20,21)22)15(12-13)23-8-4-18(5-9-23)6-10-24(11-7-18)17(26)27/h2-3,12H,4-11H2,1H3,(H,26,27). The van der Waals surface area contributed by atoms with E-state index in [1.807, 2.05) is 0 Å². The molecule has 0 radical (unpaired) electrons. The van der Waals surface area contributed by atoms with Crippen LogP contribution in [0.1, 0.15) is 41.6 Å². The predicted octanol–water partition coefficient (Wildman–Crippen LogP) is 3.85. The Morgan fingerprint density at radius 1 is 1.07 bits per heavy atom. The van der Waals surface area contributed by atoms with E-state index in [1.54, 1.807) is 4.90 Å². The number of carboxylic acid groups (broad SMARTS) is 1. The SMILES string of the molecule is COC(=O)c1ccc(C(F)(F)F)c(N2CCC3(CCN(C(=O)O)CC3)CC2)c1. The number of amides is 1.